The Balaban J connectivity index is 1.35. The maximum atomic E-state index is 11.7. The first-order valence-electron chi connectivity index (χ1n) is 9.80. The highest BCUT2D eigenvalue weighted by Gasteiger charge is 2.42. The number of amides is 1. The lowest BCUT2D eigenvalue weighted by atomic mass is 9.81. The molecule has 4 rings (SSSR count). The smallest absolute Gasteiger partial charge is 0.222 e. The summed E-state index contributed by atoms with van der Waals surface area (Å²) in [5.41, 5.74) is 5.60. The molecule has 4 aliphatic rings. The number of hydrogen-bond donors (Lipinski definition) is 3. The summed E-state index contributed by atoms with van der Waals surface area (Å²) in [7, 11) is 0. The molecule has 2 saturated carbocycles. The topological polar surface area (TPSA) is 82.8 Å². The van der Waals surface area contributed by atoms with Crippen LogP contribution >= 0.6 is 0 Å². The quantitative estimate of drug-likeness (QED) is 0.701. The fourth-order valence-electron chi connectivity index (χ4n) is 5.20. The van der Waals surface area contributed by atoms with Crippen LogP contribution in [0.4, 0.5) is 0 Å². The van der Waals surface area contributed by atoms with Crippen LogP contribution in [0, 0.1) is 11.8 Å². The van der Waals surface area contributed by atoms with Crippen LogP contribution in [0.3, 0.4) is 0 Å². The molecule has 6 nitrogen and oxygen atoms in total. The second-order valence-corrected chi connectivity index (χ2v) is 7.99. The van der Waals surface area contributed by atoms with Crippen molar-refractivity contribution in [1.29, 1.82) is 0 Å². The largest absolute Gasteiger partial charge is 0.369 e. The van der Waals surface area contributed by atoms with Crippen LogP contribution in [0.1, 0.15) is 44.9 Å². The van der Waals surface area contributed by atoms with E-state index in [0.29, 0.717) is 12.0 Å². The van der Waals surface area contributed by atoms with E-state index in [1.165, 1.54) is 44.6 Å². The van der Waals surface area contributed by atoms with Gasteiger partial charge >= 0.3 is 0 Å². The van der Waals surface area contributed by atoms with E-state index in [0.717, 1.165) is 38.4 Å². The molecule has 1 saturated heterocycles. The number of fused-ring (bicyclic) bond motifs is 1. The van der Waals surface area contributed by atoms with Crippen molar-refractivity contribution in [2.24, 2.45) is 22.6 Å². The third-order valence-corrected chi connectivity index (χ3v) is 6.59. The van der Waals surface area contributed by atoms with Crippen LogP contribution < -0.4 is 16.4 Å². The van der Waals surface area contributed by atoms with Crippen LogP contribution in [0.15, 0.2) is 4.99 Å². The van der Waals surface area contributed by atoms with Crippen molar-refractivity contribution in [1.82, 2.24) is 15.5 Å². The summed E-state index contributed by atoms with van der Waals surface area (Å²) >= 11 is 0. The highest BCUT2D eigenvalue weighted by molar-refractivity contribution is 5.88. The number of rotatable bonds is 3. The van der Waals surface area contributed by atoms with Crippen LogP contribution in [-0.2, 0) is 4.79 Å². The normalized spacial score (nSPS) is 40.5. The maximum Gasteiger partial charge on any atom is 0.222 e. The van der Waals surface area contributed by atoms with E-state index in [1.54, 1.807) is 0 Å². The van der Waals surface area contributed by atoms with E-state index in [4.69, 9.17) is 10.7 Å². The Hall–Kier alpha value is -1.14. The van der Waals surface area contributed by atoms with E-state index in [-0.39, 0.29) is 17.9 Å². The van der Waals surface area contributed by atoms with Crippen LogP contribution in [0.25, 0.3) is 0 Å². The molecule has 3 unspecified atom stereocenters. The van der Waals surface area contributed by atoms with Gasteiger partial charge in [0.05, 0.1) is 18.0 Å². The number of piperazine rings is 1. The first-order chi connectivity index (χ1) is 11.7. The lowest BCUT2D eigenvalue weighted by Crippen LogP contribution is -2.50. The first kappa shape index (κ1) is 16.3. The first-order valence-corrected chi connectivity index (χ1v) is 9.80. The lowest BCUT2D eigenvalue weighted by Gasteiger charge is -2.39. The highest BCUT2D eigenvalue weighted by Crippen LogP contribution is 2.35. The number of carbonyl (C=O) groups is 1. The zero-order chi connectivity index (χ0) is 16.5. The van der Waals surface area contributed by atoms with E-state index in [1.807, 2.05) is 0 Å². The molecular weight excluding hydrogens is 302 g/mol. The summed E-state index contributed by atoms with van der Waals surface area (Å²) in [6.45, 7) is 4.65. The Labute approximate surface area is 144 Å². The van der Waals surface area contributed by atoms with Crippen molar-refractivity contribution in [2.75, 3.05) is 26.2 Å². The zero-order valence-corrected chi connectivity index (χ0v) is 14.5. The van der Waals surface area contributed by atoms with Crippen LogP contribution in [0.5, 0.6) is 0 Å². The summed E-state index contributed by atoms with van der Waals surface area (Å²) in [5, 5.41) is 7.10. The fraction of sp³-hybridized carbons (Fsp3) is 0.889. The molecular formula is C18H31N5O. The van der Waals surface area contributed by atoms with Gasteiger partial charge in [-0.15, -0.1) is 0 Å². The number of nitrogens with two attached hydrogens (primary N) is 1. The number of aliphatic imine (C=N–C) groups is 1. The van der Waals surface area contributed by atoms with Crippen molar-refractivity contribution < 1.29 is 4.79 Å². The van der Waals surface area contributed by atoms with Crippen LogP contribution in [0.2, 0.25) is 0 Å². The Morgan fingerprint density at radius 2 is 1.83 bits per heavy atom. The number of nitrogens with one attached hydrogen (secondary N) is 2. The molecule has 2 aliphatic heterocycles. The number of amidine groups is 1. The van der Waals surface area contributed by atoms with Gasteiger partial charge in [-0.3, -0.25) is 14.7 Å². The van der Waals surface area contributed by atoms with E-state index in [2.05, 4.69) is 15.5 Å². The molecule has 4 N–H and O–H groups in total. The molecule has 3 fully saturated rings. The van der Waals surface area contributed by atoms with Crippen molar-refractivity contribution >= 4 is 11.7 Å². The summed E-state index contributed by atoms with van der Waals surface area (Å²) < 4.78 is 0. The number of carbonyl (C=O) groups excluding carboxylic acids is 1. The van der Waals surface area contributed by atoms with Gasteiger partial charge < -0.3 is 16.4 Å². The van der Waals surface area contributed by atoms with Crippen molar-refractivity contribution in [2.45, 2.75) is 63.1 Å². The molecule has 0 aromatic heterocycles. The maximum absolute atomic E-state index is 11.7. The molecule has 0 radical (unpaired) electrons. The number of nitrogens with zero attached hydrogens (tertiary/aromatic N) is 2. The Bertz CT molecular complexity index is 494. The van der Waals surface area contributed by atoms with Crippen molar-refractivity contribution in [3.8, 4) is 0 Å². The second-order valence-electron chi connectivity index (χ2n) is 7.99. The molecule has 1 amide bonds. The van der Waals surface area contributed by atoms with Crippen molar-refractivity contribution in [3.05, 3.63) is 0 Å². The van der Waals surface area contributed by atoms with Gasteiger partial charge in [-0.2, -0.15) is 0 Å². The van der Waals surface area contributed by atoms with Crippen LogP contribution in [-0.4, -0.2) is 60.9 Å². The monoisotopic (exact) mass is 333 g/mol. The van der Waals surface area contributed by atoms with Gasteiger partial charge in [0, 0.05) is 38.1 Å². The minimum atomic E-state index is -0.168. The average Bonchev–Trinajstić information content (AvgIpc) is 3.06. The molecule has 24 heavy (non-hydrogen) atoms. The lowest BCUT2D eigenvalue weighted by molar-refractivity contribution is -0.123. The van der Waals surface area contributed by atoms with Gasteiger partial charge in [0.1, 0.15) is 5.84 Å². The Morgan fingerprint density at radius 3 is 2.54 bits per heavy atom. The number of primary amides is 1. The molecule has 6 heteroatoms. The summed E-state index contributed by atoms with van der Waals surface area (Å²) in [6, 6.07) is 1.19. The third kappa shape index (κ3) is 3.18. The standard InChI is InChI=1S/C18H31N5O/c19-17(24)14-2-1-3-15-16(14)22-18(21-15)12-4-6-13(7-5-12)23-10-8-20-9-11-23/h12-16,20H,1-11H2,(H2,19,24)(H,21,22). The molecule has 3 atom stereocenters. The average molecular weight is 333 g/mol. The van der Waals surface area contributed by atoms with Gasteiger partial charge in [0.2, 0.25) is 5.91 Å². The highest BCUT2D eigenvalue weighted by atomic mass is 16.1. The molecule has 0 spiro atoms. The summed E-state index contributed by atoms with van der Waals surface area (Å²) in [4.78, 5) is 19.3. The van der Waals surface area contributed by atoms with Gasteiger partial charge in [-0.25, -0.2) is 0 Å². The van der Waals surface area contributed by atoms with Gasteiger partial charge in [0.25, 0.3) is 0 Å². The Kier molecular flexibility index (Phi) is 4.77. The Morgan fingerprint density at radius 1 is 1.08 bits per heavy atom. The predicted molar refractivity (Wildman–Crippen MR) is 94.9 cm³/mol. The summed E-state index contributed by atoms with van der Waals surface area (Å²) in [6.07, 6.45) is 8.12. The third-order valence-electron chi connectivity index (χ3n) is 6.59. The predicted octanol–water partition coefficient (Wildman–Crippen LogP) is 0.475. The molecule has 134 valence electrons. The van der Waals surface area contributed by atoms with Gasteiger partial charge in [-0.05, 0) is 38.5 Å². The van der Waals surface area contributed by atoms with Gasteiger partial charge in [-0.1, -0.05) is 6.42 Å². The minimum absolute atomic E-state index is 0.0639. The molecule has 0 aromatic rings. The van der Waals surface area contributed by atoms with Crippen molar-refractivity contribution in [3.63, 3.8) is 0 Å². The van der Waals surface area contributed by atoms with Gasteiger partial charge in [0.15, 0.2) is 0 Å². The minimum Gasteiger partial charge on any atom is -0.369 e. The summed E-state index contributed by atoms with van der Waals surface area (Å²) in [5.74, 6) is 1.50. The molecule has 0 aromatic carbocycles. The van der Waals surface area contributed by atoms with E-state index >= 15 is 0 Å². The zero-order valence-electron chi connectivity index (χ0n) is 14.5. The van der Waals surface area contributed by atoms with E-state index in [9.17, 15) is 4.79 Å². The van der Waals surface area contributed by atoms with E-state index < -0.39 is 0 Å². The molecule has 2 heterocycles. The number of hydrogen-bond acceptors (Lipinski definition) is 5. The fourth-order valence-corrected chi connectivity index (χ4v) is 5.20. The second kappa shape index (κ2) is 7.00. The molecule has 0 bridgehead atoms. The SMILES string of the molecule is NC(=O)C1CCCC2NC(C3CCC(N4CCNCC4)CC3)=NC21. The molecule has 2 aliphatic carbocycles.